The van der Waals surface area contributed by atoms with Crippen molar-refractivity contribution in [2.24, 2.45) is 0 Å². The van der Waals surface area contributed by atoms with E-state index in [1.165, 1.54) is 13.2 Å². The number of hydrogen-bond donors (Lipinski definition) is 0. The van der Waals surface area contributed by atoms with Crippen molar-refractivity contribution in [3.05, 3.63) is 57.6 Å². The van der Waals surface area contributed by atoms with Crippen LogP contribution in [0.25, 0.3) is 10.9 Å². The lowest BCUT2D eigenvalue weighted by molar-refractivity contribution is 0.0561. The summed E-state index contributed by atoms with van der Waals surface area (Å²) in [6, 6.07) is 8.50. The van der Waals surface area contributed by atoms with E-state index in [2.05, 4.69) is 9.72 Å². The number of pyridine rings is 1. The van der Waals surface area contributed by atoms with Crippen LogP contribution in [0, 0.1) is 6.92 Å². The number of methoxy groups -OCH3 is 1. The number of carbonyl (C=O) groups is 1. The Hall–Kier alpha value is -2.24. The van der Waals surface area contributed by atoms with E-state index in [4.69, 9.17) is 32.4 Å². The molecule has 0 saturated heterocycles. The molecule has 0 aliphatic carbocycles. The molecule has 24 heavy (non-hydrogen) atoms. The van der Waals surface area contributed by atoms with E-state index < -0.39 is 5.97 Å². The van der Waals surface area contributed by atoms with Gasteiger partial charge in [-0.15, -0.1) is 0 Å². The van der Waals surface area contributed by atoms with Gasteiger partial charge in [0.2, 0.25) is 5.76 Å². The normalized spacial score (nSPS) is 10.8. The third kappa shape index (κ3) is 3.18. The number of aryl methyl sites for hydroxylation is 1. The highest BCUT2D eigenvalue weighted by Gasteiger charge is 2.15. The number of hydrogen-bond acceptors (Lipinski definition) is 5. The summed E-state index contributed by atoms with van der Waals surface area (Å²) in [6.07, 6.45) is 0. The Morgan fingerprint density at radius 3 is 2.75 bits per heavy atom. The SMILES string of the molecule is COC(=O)c1ccc(COc2c(Cl)cc(Cl)c3ccc(C)nc23)o1. The summed E-state index contributed by atoms with van der Waals surface area (Å²) in [5.74, 6) is 0.434. The van der Waals surface area contributed by atoms with Gasteiger partial charge in [0.1, 0.15) is 17.9 Å². The molecule has 0 unspecified atom stereocenters. The Labute approximate surface area is 148 Å². The Balaban J connectivity index is 1.91. The Kier molecular flexibility index (Phi) is 4.64. The number of nitrogens with zero attached hydrogens (tertiary/aromatic N) is 1. The van der Waals surface area contributed by atoms with Crippen molar-refractivity contribution in [2.75, 3.05) is 7.11 Å². The molecule has 1 aromatic carbocycles. The zero-order chi connectivity index (χ0) is 17.3. The third-order valence-electron chi connectivity index (χ3n) is 3.38. The monoisotopic (exact) mass is 365 g/mol. The van der Waals surface area contributed by atoms with E-state index in [0.717, 1.165) is 11.1 Å². The van der Waals surface area contributed by atoms with E-state index in [1.54, 1.807) is 12.1 Å². The highest BCUT2D eigenvalue weighted by molar-refractivity contribution is 6.39. The summed E-state index contributed by atoms with van der Waals surface area (Å²) >= 11 is 12.5. The van der Waals surface area contributed by atoms with Gasteiger partial charge in [-0.05, 0) is 37.3 Å². The van der Waals surface area contributed by atoms with Crippen LogP contribution >= 0.6 is 23.2 Å². The van der Waals surface area contributed by atoms with Crippen LogP contribution in [0.2, 0.25) is 10.0 Å². The maximum atomic E-state index is 11.4. The molecule has 5 nitrogen and oxygen atoms in total. The second-order valence-corrected chi connectivity index (χ2v) is 5.88. The van der Waals surface area contributed by atoms with Gasteiger partial charge < -0.3 is 13.9 Å². The summed E-state index contributed by atoms with van der Waals surface area (Å²) in [5, 5.41) is 1.60. The molecule has 0 atom stereocenters. The maximum Gasteiger partial charge on any atom is 0.373 e. The standard InChI is InChI=1S/C17H13Cl2NO4/c1-9-3-5-11-12(18)7-13(19)16(15(11)20-9)23-8-10-4-6-14(24-10)17(21)22-2/h3-7H,8H2,1-2H3. The molecule has 124 valence electrons. The lowest BCUT2D eigenvalue weighted by Crippen LogP contribution is -1.99. The van der Waals surface area contributed by atoms with Gasteiger partial charge in [0, 0.05) is 11.1 Å². The van der Waals surface area contributed by atoms with Gasteiger partial charge in [-0.3, -0.25) is 0 Å². The summed E-state index contributed by atoms with van der Waals surface area (Å²) in [5.41, 5.74) is 1.39. The summed E-state index contributed by atoms with van der Waals surface area (Å²) in [6.45, 7) is 1.95. The van der Waals surface area contributed by atoms with Gasteiger partial charge >= 0.3 is 5.97 Å². The average molecular weight is 366 g/mol. The van der Waals surface area contributed by atoms with Crippen LogP contribution in [-0.4, -0.2) is 18.1 Å². The molecule has 0 spiro atoms. The second kappa shape index (κ2) is 6.71. The van der Waals surface area contributed by atoms with Crippen LogP contribution in [0.4, 0.5) is 0 Å². The molecule has 0 saturated carbocycles. The van der Waals surface area contributed by atoms with Crippen molar-refractivity contribution in [3.63, 3.8) is 0 Å². The topological polar surface area (TPSA) is 61.6 Å². The molecule has 2 aromatic heterocycles. The van der Waals surface area contributed by atoms with E-state index in [1.807, 2.05) is 19.1 Å². The van der Waals surface area contributed by atoms with Gasteiger partial charge in [-0.2, -0.15) is 0 Å². The van der Waals surface area contributed by atoms with Crippen LogP contribution < -0.4 is 4.74 Å². The zero-order valence-electron chi connectivity index (χ0n) is 12.9. The Morgan fingerprint density at radius 2 is 2.00 bits per heavy atom. The number of rotatable bonds is 4. The summed E-state index contributed by atoms with van der Waals surface area (Å²) in [4.78, 5) is 15.9. The quantitative estimate of drug-likeness (QED) is 0.620. The smallest absolute Gasteiger partial charge is 0.373 e. The van der Waals surface area contributed by atoms with Crippen LogP contribution in [0.5, 0.6) is 5.75 Å². The highest BCUT2D eigenvalue weighted by atomic mass is 35.5. The molecular weight excluding hydrogens is 353 g/mol. The fourth-order valence-electron chi connectivity index (χ4n) is 2.24. The Morgan fingerprint density at radius 1 is 1.21 bits per heavy atom. The summed E-state index contributed by atoms with van der Waals surface area (Å²) in [7, 11) is 1.29. The number of halogens is 2. The first-order valence-electron chi connectivity index (χ1n) is 7.04. The number of fused-ring (bicyclic) bond motifs is 1. The molecule has 3 rings (SSSR count). The molecule has 2 heterocycles. The van der Waals surface area contributed by atoms with Crippen LogP contribution in [0.1, 0.15) is 22.0 Å². The molecule has 7 heteroatoms. The van der Waals surface area contributed by atoms with Crippen LogP contribution in [0.15, 0.2) is 34.7 Å². The first-order chi connectivity index (χ1) is 11.5. The molecule has 0 aliphatic rings. The number of ether oxygens (including phenoxy) is 2. The number of benzene rings is 1. The van der Waals surface area contributed by atoms with E-state index in [-0.39, 0.29) is 12.4 Å². The van der Waals surface area contributed by atoms with Gasteiger partial charge in [-0.1, -0.05) is 23.2 Å². The molecule has 0 radical (unpaired) electrons. The van der Waals surface area contributed by atoms with Crippen molar-refractivity contribution in [3.8, 4) is 5.75 Å². The van der Waals surface area contributed by atoms with Crippen molar-refractivity contribution in [1.82, 2.24) is 4.98 Å². The van der Waals surface area contributed by atoms with Gasteiger partial charge in [0.05, 0.1) is 17.2 Å². The second-order valence-electron chi connectivity index (χ2n) is 5.06. The van der Waals surface area contributed by atoms with E-state index >= 15 is 0 Å². The third-order valence-corrected chi connectivity index (χ3v) is 3.98. The Bertz CT molecular complexity index is 920. The van der Waals surface area contributed by atoms with Crippen molar-refractivity contribution in [2.45, 2.75) is 13.5 Å². The number of furan rings is 1. The minimum Gasteiger partial charge on any atom is -0.482 e. The molecule has 3 aromatic rings. The minimum atomic E-state index is -0.548. The highest BCUT2D eigenvalue weighted by Crippen LogP contribution is 2.37. The molecule has 0 bridgehead atoms. The average Bonchev–Trinajstić information content (AvgIpc) is 3.02. The predicted molar refractivity (Wildman–Crippen MR) is 90.9 cm³/mol. The maximum absolute atomic E-state index is 11.4. The minimum absolute atomic E-state index is 0.0864. The van der Waals surface area contributed by atoms with Gasteiger partial charge in [0.15, 0.2) is 5.75 Å². The fourth-order valence-corrected chi connectivity index (χ4v) is 2.81. The molecule has 0 fully saturated rings. The van der Waals surface area contributed by atoms with Crippen molar-refractivity contribution in [1.29, 1.82) is 0 Å². The van der Waals surface area contributed by atoms with Gasteiger partial charge in [-0.25, -0.2) is 9.78 Å². The predicted octanol–water partition coefficient (Wildman–Crippen LogP) is 4.81. The van der Waals surface area contributed by atoms with E-state index in [9.17, 15) is 4.79 Å². The lowest BCUT2D eigenvalue weighted by atomic mass is 10.2. The van der Waals surface area contributed by atoms with Crippen molar-refractivity contribution < 1.29 is 18.7 Å². The fraction of sp³-hybridized carbons (Fsp3) is 0.176. The van der Waals surface area contributed by atoms with Crippen molar-refractivity contribution >= 4 is 40.1 Å². The number of aromatic nitrogens is 1. The number of carbonyl (C=O) groups excluding carboxylic acids is 1. The van der Waals surface area contributed by atoms with Crippen LogP contribution in [-0.2, 0) is 11.3 Å². The van der Waals surface area contributed by atoms with Gasteiger partial charge in [0.25, 0.3) is 0 Å². The molecule has 0 aliphatic heterocycles. The molecule has 0 amide bonds. The van der Waals surface area contributed by atoms with E-state index in [0.29, 0.717) is 27.1 Å². The molecule has 0 N–H and O–H groups in total. The molecular formula is C17H13Cl2NO4. The first kappa shape index (κ1) is 16.6. The number of esters is 1. The summed E-state index contributed by atoms with van der Waals surface area (Å²) < 4.78 is 15.7. The largest absolute Gasteiger partial charge is 0.482 e. The first-order valence-corrected chi connectivity index (χ1v) is 7.80. The lowest BCUT2D eigenvalue weighted by Gasteiger charge is -2.11. The zero-order valence-corrected chi connectivity index (χ0v) is 14.4. The van der Waals surface area contributed by atoms with Crippen LogP contribution in [0.3, 0.4) is 0 Å².